The number of rotatable bonds is 9. The summed E-state index contributed by atoms with van der Waals surface area (Å²) in [6.07, 6.45) is 8.85. The van der Waals surface area contributed by atoms with Gasteiger partial charge in [-0.1, -0.05) is 48.4 Å². The molecule has 0 radical (unpaired) electrons. The molecule has 3 aromatic carbocycles. The molecule has 0 bridgehead atoms. The van der Waals surface area contributed by atoms with E-state index in [-0.39, 0.29) is 12.5 Å². The second kappa shape index (κ2) is 10.7. The van der Waals surface area contributed by atoms with Crippen molar-refractivity contribution >= 4 is 22.9 Å². The number of terminal acetylenes is 1. The van der Waals surface area contributed by atoms with Gasteiger partial charge in [0.05, 0.1) is 13.3 Å². The number of nitrogens with one attached hydrogen (secondary N) is 1. The average molecular weight is 400 g/mol. The lowest BCUT2D eigenvalue weighted by molar-refractivity contribution is -0.121. The van der Waals surface area contributed by atoms with Crippen molar-refractivity contribution in [2.45, 2.75) is 19.3 Å². The highest BCUT2D eigenvalue weighted by molar-refractivity contribution is 6.02. The van der Waals surface area contributed by atoms with E-state index in [1.54, 1.807) is 13.3 Å². The minimum absolute atomic E-state index is 0.133. The van der Waals surface area contributed by atoms with E-state index in [0.29, 0.717) is 12.2 Å². The topological polar surface area (TPSA) is 59.9 Å². The molecule has 0 fully saturated rings. The smallest absolute Gasteiger partial charge is 0.240 e. The minimum atomic E-state index is -0.133. The fourth-order valence-corrected chi connectivity index (χ4v) is 3.12. The molecule has 5 nitrogen and oxygen atoms in total. The molecule has 0 spiro atoms. The summed E-state index contributed by atoms with van der Waals surface area (Å²) >= 11 is 0. The van der Waals surface area contributed by atoms with E-state index in [4.69, 9.17) is 15.9 Å². The number of methoxy groups -OCH3 is 1. The molecule has 0 saturated heterocycles. The fraction of sp³-hybridized carbons (Fsp3) is 0.200. The van der Waals surface area contributed by atoms with E-state index in [9.17, 15) is 4.79 Å². The van der Waals surface area contributed by atoms with Crippen molar-refractivity contribution in [3.63, 3.8) is 0 Å². The highest BCUT2D eigenvalue weighted by Gasteiger charge is 2.07. The average Bonchev–Trinajstić information content (AvgIpc) is 2.78. The van der Waals surface area contributed by atoms with Crippen molar-refractivity contribution in [2.75, 3.05) is 13.7 Å². The molecular weight excluding hydrogens is 376 g/mol. The maximum absolute atomic E-state index is 12.1. The van der Waals surface area contributed by atoms with Gasteiger partial charge in [0.25, 0.3) is 0 Å². The van der Waals surface area contributed by atoms with Gasteiger partial charge in [0, 0.05) is 12.0 Å². The second-order valence-corrected chi connectivity index (χ2v) is 6.69. The number of carbonyl (C=O) groups is 1. The van der Waals surface area contributed by atoms with Crippen LogP contribution in [0.4, 0.5) is 0 Å². The molecule has 0 aliphatic carbocycles. The van der Waals surface area contributed by atoms with Crippen LogP contribution >= 0.6 is 0 Å². The van der Waals surface area contributed by atoms with Crippen LogP contribution in [0.3, 0.4) is 0 Å². The lowest BCUT2D eigenvalue weighted by atomic mass is 10.0. The number of nitrogens with zero attached hydrogens (tertiary/aromatic N) is 1. The number of hydrazone groups is 1. The Morgan fingerprint density at radius 2 is 1.93 bits per heavy atom. The summed E-state index contributed by atoms with van der Waals surface area (Å²) in [5.74, 6) is 3.78. The van der Waals surface area contributed by atoms with Crippen LogP contribution in [-0.2, 0) is 11.2 Å². The van der Waals surface area contributed by atoms with Gasteiger partial charge in [-0.2, -0.15) is 5.10 Å². The van der Waals surface area contributed by atoms with Crippen LogP contribution in [0.1, 0.15) is 24.0 Å². The number of benzene rings is 3. The Balaban J connectivity index is 1.59. The van der Waals surface area contributed by atoms with Crippen molar-refractivity contribution in [1.29, 1.82) is 0 Å². The fourth-order valence-electron chi connectivity index (χ4n) is 3.12. The summed E-state index contributed by atoms with van der Waals surface area (Å²) in [4.78, 5) is 12.1. The van der Waals surface area contributed by atoms with Gasteiger partial charge in [-0.3, -0.25) is 4.79 Å². The Morgan fingerprint density at radius 1 is 1.13 bits per heavy atom. The lowest BCUT2D eigenvalue weighted by Gasteiger charge is -2.09. The zero-order valence-electron chi connectivity index (χ0n) is 16.9. The van der Waals surface area contributed by atoms with Gasteiger partial charge >= 0.3 is 0 Å². The zero-order valence-corrected chi connectivity index (χ0v) is 16.9. The number of aryl methyl sites for hydroxylation is 1. The molecule has 0 aromatic heterocycles. The van der Waals surface area contributed by atoms with Crippen LogP contribution in [0.5, 0.6) is 11.5 Å². The first kappa shape index (κ1) is 20.9. The molecule has 5 heteroatoms. The molecule has 0 heterocycles. The third-order valence-electron chi connectivity index (χ3n) is 4.65. The van der Waals surface area contributed by atoms with E-state index in [0.717, 1.165) is 40.5 Å². The van der Waals surface area contributed by atoms with E-state index in [1.807, 2.05) is 60.7 Å². The highest BCUT2D eigenvalue weighted by atomic mass is 16.5. The van der Waals surface area contributed by atoms with Gasteiger partial charge in [-0.15, -0.1) is 6.42 Å². The third-order valence-corrected chi connectivity index (χ3v) is 4.65. The molecule has 152 valence electrons. The summed E-state index contributed by atoms with van der Waals surface area (Å²) in [7, 11) is 1.64. The molecule has 3 rings (SSSR count). The Kier molecular flexibility index (Phi) is 7.45. The SMILES string of the molecule is C#CCOc1ccc2ccccc2c1C=NNC(=O)CCCc1ccc(OC)cc1. The van der Waals surface area contributed by atoms with Crippen molar-refractivity contribution < 1.29 is 14.3 Å². The first-order valence-corrected chi connectivity index (χ1v) is 9.74. The van der Waals surface area contributed by atoms with Crippen molar-refractivity contribution in [1.82, 2.24) is 5.43 Å². The first-order valence-electron chi connectivity index (χ1n) is 9.74. The summed E-state index contributed by atoms with van der Waals surface area (Å²) in [5, 5.41) is 6.17. The molecule has 1 N–H and O–H groups in total. The van der Waals surface area contributed by atoms with Crippen molar-refractivity contribution in [2.24, 2.45) is 5.10 Å². The van der Waals surface area contributed by atoms with Gasteiger partial charge in [0.1, 0.15) is 18.1 Å². The van der Waals surface area contributed by atoms with Crippen molar-refractivity contribution in [3.8, 4) is 23.8 Å². The molecule has 3 aromatic rings. The monoisotopic (exact) mass is 400 g/mol. The molecule has 0 unspecified atom stereocenters. The Labute approximate surface area is 176 Å². The Hall–Kier alpha value is -3.78. The largest absolute Gasteiger partial charge is 0.497 e. The van der Waals surface area contributed by atoms with Gasteiger partial charge in [0.15, 0.2) is 0 Å². The van der Waals surface area contributed by atoms with Crippen LogP contribution in [0.25, 0.3) is 10.8 Å². The van der Waals surface area contributed by atoms with Crippen molar-refractivity contribution in [3.05, 3.63) is 71.8 Å². The van der Waals surface area contributed by atoms with Gasteiger partial charge in [-0.05, 0) is 47.4 Å². The second-order valence-electron chi connectivity index (χ2n) is 6.69. The molecule has 0 aliphatic heterocycles. The maximum Gasteiger partial charge on any atom is 0.240 e. The van der Waals surface area contributed by atoms with E-state index >= 15 is 0 Å². The molecule has 1 amide bonds. The first-order chi connectivity index (χ1) is 14.7. The summed E-state index contributed by atoms with van der Waals surface area (Å²) in [6.45, 7) is 0.164. The predicted molar refractivity (Wildman–Crippen MR) is 120 cm³/mol. The Bertz CT molecular complexity index is 1070. The number of ether oxygens (including phenoxy) is 2. The molecule has 0 atom stereocenters. The number of carbonyl (C=O) groups excluding carboxylic acids is 1. The molecular formula is C25H24N2O3. The summed E-state index contributed by atoms with van der Waals surface area (Å²) < 4.78 is 10.8. The quantitative estimate of drug-likeness (QED) is 0.330. The standard InChI is InChI=1S/C25H24N2O3/c1-3-17-30-24-16-13-20-8-4-5-9-22(20)23(24)18-26-27-25(28)10-6-7-19-11-14-21(29-2)15-12-19/h1,4-5,8-9,11-16,18H,6-7,10,17H2,2H3,(H,27,28). The number of amides is 1. The highest BCUT2D eigenvalue weighted by Crippen LogP contribution is 2.26. The van der Waals surface area contributed by atoms with Crippen LogP contribution < -0.4 is 14.9 Å². The number of hydrogen-bond acceptors (Lipinski definition) is 4. The molecule has 30 heavy (non-hydrogen) atoms. The van der Waals surface area contributed by atoms with Crippen LogP contribution in [0.15, 0.2) is 65.8 Å². The third kappa shape index (κ3) is 5.62. The number of hydrogen-bond donors (Lipinski definition) is 1. The summed E-state index contributed by atoms with van der Waals surface area (Å²) in [5.41, 5.74) is 4.54. The van der Waals surface area contributed by atoms with Gasteiger partial charge < -0.3 is 9.47 Å². The van der Waals surface area contributed by atoms with E-state index in [2.05, 4.69) is 16.4 Å². The molecule has 0 aliphatic rings. The minimum Gasteiger partial charge on any atom is -0.497 e. The van der Waals surface area contributed by atoms with E-state index < -0.39 is 0 Å². The number of fused-ring (bicyclic) bond motifs is 1. The maximum atomic E-state index is 12.1. The Morgan fingerprint density at radius 3 is 2.70 bits per heavy atom. The predicted octanol–water partition coefficient (Wildman–Crippen LogP) is 4.33. The van der Waals surface area contributed by atoms with Crippen LogP contribution in [0.2, 0.25) is 0 Å². The molecule has 0 saturated carbocycles. The summed E-state index contributed by atoms with van der Waals surface area (Å²) in [6, 6.07) is 19.6. The normalized spacial score (nSPS) is 10.7. The van der Waals surface area contributed by atoms with Gasteiger partial charge in [-0.25, -0.2) is 5.43 Å². The van der Waals surface area contributed by atoms with E-state index in [1.165, 1.54) is 0 Å². The lowest BCUT2D eigenvalue weighted by Crippen LogP contribution is -2.17. The zero-order chi connectivity index (χ0) is 21.2. The van der Waals surface area contributed by atoms with Gasteiger partial charge in [0.2, 0.25) is 5.91 Å². The van der Waals surface area contributed by atoms with Crippen LogP contribution in [-0.4, -0.2) is 25.8 Å². The van der Waals surface area contributed by atoms with Crippen LogP contribution in [0, 0.1) is 12.3 Å².